The Balaban J connectivity index is 1.37. The molecule has 2 heterocycles. The lowest BCUT2D eigenvalue weighted by atomic mass is 9.74. The van der Waals surface area contributed by atoms with Crippen LogP contribution >= 0.6 is 0 Å². The minimum absolute atomic E-state index is 0.0331. The zero-order chi connectivity index (χ0) is 28.2. The summed E-state index contributed by atoms with van der Waals surface area (Å²) in [6.45, 7) is 2.63. The Morgan fingerprint density at radius 3 is 2.44 bits per heavy atom. The number of hydrogen-bond donors (Lipinski definition) is 3. The van der Waals surface area contributed by atoms with Crippen LogP contribution in [0.1, 0.15) is 37.4 Å². The predicted molar refractivity (Wildman–Crippen MR) is 147 cm³/mol. The molecular formula is C29H37F3N4O3. The number of aliphatic hydroxyl groups excluding tert-OH is 2. The first-order chi connectivity index (χ1) is 18.7. The minimum atomic E-state index is -1.48. The standard InChI is InChI=1S/C29H37F3N4O3/c1-35(2)25-17-34-24-5-4-20(39-3)16-21(24)27(25)26(38)6-7-29(18-37)8-11-36(12-9-29)13-10-33-19-14-22(30)28(32)23(31)15-19/h4-5,14-17,26,33,37-38H,6-13,18H2,1-3H3/t26-/m0/s1. The van der Waals surface area contributed by atoms with Crippen LogP contribution in [0, 0.1) is 22.9 Å². The number of benzene rings is 2. The lowest BCUT2D eigenvalue weighted by molar-refractivity contribution is 0.0248. The molecule has 39 heavy (non-hydrogen) atoms. The number of pyridine rings is 1. The van der Waals surface area contributed by atoms with Crippen LogP contribution in [0.3, 0.4) is 0 Å². The zero-order valence-corrected chi connectivity index (χ0v) is 22.7. The van der Waals surface area contributed by atoms with Crippen LogP contribution in [0.4, 0.5) is 24.5 Å². The van der Waals surface area contributed by atoms with Crippen molar-refractivity contribution in [1.82, 2.24) is 9.88 Å². The fourth-order valence-electron chi connectivity index (χ4n) is 5.36. The van der Waals surface area contributed by atoms with E-state index in [1.54, 1.807) is 13.3 Å². The first kappa shape index (κ1) is 28.9. The number of anilines is 2. The van der Waals surface area contributed by atoms with Crippen molar-refractivity contribution in [2.24, 2.45) is 5.41 Å². The van der Waals surface area contributed by atoms with Gasteiger partial charge in [0, 0.05) is 62.6 Å². The maximum absolute atomic E-state index is 13.4. The van der Waals surface area contributed by atoms with Gasteiger partial charge in [0.15, 0.2) is 17.5 Å². The van der Waals surface area contributed by atoms with Crippen LogP contribution in [-0.2, 0) is 0 Å². The lowest BCUT2D eigenvalue weighted by Gasteiger charge is -2.41. The maximum atomic E-state index is 13.4. The maximum Gasteiger partial charge on any atom is 0.194 e. The highest BCUT2D eigenvalue weighted by atomic mass is 19.2. The minimum Gasteiger partial charge on any atom is -0.497 e. The Labute approximate surface area is 227 Å². The van der Waals surface area contributed by atoms with Gasteiger partial charge < -0.3 is 30.1 Å². The van der Waals surface area contributed by atoms with E-state index in [1.165, 1.54) is 0 Å². The van der Waals surface area contributed by atoms with E-state index < -0.39 is 23.6 Å². The number of fused-ring (bicyclic) bond motifs is 1. The number of piperidine rings is 1. The van der Waals surface area contributed by atoms with Gasteiger partial charge in [-0.15, -0.1) is 0 Å². The predicted octanol–water partition coefficient (Wildman–Crippen LogP) is 4.73. The van der Waals surface area contributed by atoms with Crippen LogP contribution in [0.2, 0.25) is 0 Å². The zero-order valence-electron chi connectivity index (χ0n) is 22.7. The Bertz CT molecular complexity index is 1260. The average molecular weight is 547 g/mol. The molecule has 1 aliphatic rings. The molecule has 2 aromatic carbocycles. The quantitative estimate of drug-likeness (QED) is 0.300. The molecule has 1 atom stereocenters. The number of likely N-dealkylation sites (tertiary alicyclic amines) is 1. The second-order valence-corrected chi connectivity index (χ2v) is 10.6. The van der Waals surface area contributed by atoms with Crippen LogP contribution < -0.4 is 15.0 Å². The van der Waals surface area contributed by atoms with Gasteiger partial charge in [-0.05, 0) is 62.4 Å². The molecule has 0 aliphatic carbocycles. The van der Waals surface area contributed by atoms with Crippen molar-refractivity contribution in [2.45, 2.75) is 31.8 Å². The number of nitrogens with one attached hydrogen (secondary N) is 1. The number of nitrogens with zero attached hydrogens (tertiary/aromatic N) is 3. The summed E-state index contributed by atoms with van der Waals surface area (Å²) in [5.41, 5.74) is 2.31. The summed E-state index contributed by atoms with van der Waals surface area (Å²) in [7, 11) is 5.44. The van der Waals surface area contributed by atoms with Gasteiger partial charge in [-0.25, -0.2) is 13.2 Å². The molecule has 0 radical (unpaired) electrons. The third-order valence-corrected chi connectivity index (χ3v) is 7.85. The van der Waals surface area contributed by atoms with E-state index in [1.807, 2.05) is 37.2 Å². The van der Waals surface area contributed by atoms with E-state index in [4.69, 9.17) is 4.74 Å². The Kier molecular flexibility index (Phi) is 9.19. The first-order valence-corrected chi connectivity index (χ1v) is 13.2. The number of halogens is 3. The lowest BCUT2D eigenvalue weighted by Crippen LogP contribution is -2.43. The molecule has 0 spiro atoms. The Hall–Kier alpha value is -3.08. The van der Waals surface area contributed by atoms with E-state index in [0.717, 1.165) is 60.2 Å². The van der Waals surface area contributed by atoms with Crippen LogP contribution in [0.15, 0.2) is 36.5 Å². The highest BCUT2D eigenvalue weighted by Gasteiger charge is 2.35. The molecule has 3 aromatic rings. The molecule has 1 saturated heterocycles. The van der Waals surface area contributed by atoms with Gasteiger partial charge in [0.05, 0.1) is 30.6 Å². The molecule has 0 amide bonds. The summed E-state index contributed by atoms with van der Waals surface area (Å²) in [4.78, 5) is 8.71. The highest BCUT2D eigenvalue weighted by molar-refractivity contribution is 5.88. The molecule has 0 bridgehead atoms. The Morgan fingerprint density at radius 2 is 1.82 bits per heavy atom. The molecular weight excluding hydrogens is 509 g/mol. The molecule has 1 aromatic heterocycles. The second kappa shape index (κ2) is 12.4. The molecule has 10 heteroatoms. The topological polar surface area (TPSA) is 81.1 Å². The van der Waals surface area contributed by atoms with Gasteiger partial charge in [-0.2, -0.15) is 0 Å². The monoisotopic (exact) mass is 546 g/mol. The summed E-state index contributed by atoms with van der Waals surface area (Å²) in [5, 5.41) is 25.5. The molecule has 1 fully saturated rings. The molecule has 0 unspecified atom stereocenters. The SMILES string of the molecule is COc1ccc2ncc(N(C)C)c([C@@H](O)CCC3(CO)CCN(CCNc4cc(F)c(F)c(F)c4)CC3)c2c1. The second-order valence-electron chi connectivity index (χ2n) is 10.6. The van der Waals surface area contributed by atoms with Crippen molar-refractivity contribution in [1.29, 1.82) is 0 Å². The van der Waals surface area contributed by atoms with Gasteiger partial charge in [0.2, 0.25) is 0 Å². The highest BCUT2D eigenvalue weighted by Crippen LogP contribution is 2.41. The van der Waals surface area contributed by atoms with Gasteiger partial charge in [0.1, 0.15) is 5.75 Å². The molecule has 7 nitrogen and oxygen atoms in total. The molecule has 1 aliphatic heterocycles. The van der Waals surface area contributed by atoms with Crippen molar-refractivity contribution >= 4 is 22.3 Å². The van der Waals surface area contributed by atoms with Crippen molar-refractivity contribution < 1.29 is 28.1 Å². The number of aromatic nitrogens is 1. The summed E-state index contributed by atoms with van der Waals surface area (Å²) < 4.78 is 45.4. The number of ether oxygens (including phenoxy) is 1. The van der Waals surface area contributed by atoms with Gasteiger partial charge in [-0.3, -0.25) is 4.98 Å². The molecule has 0 saturated carbocycles. The van der Waals surface area contributed by atoms with Crippen LogP contribution in [-0.4, -0.2) is 74.1 Å². The number of methoxy groups -OCH3 is 1. The molecule has 4 rings (SSSR count). The van der Waals surface area contributed by atoms with Crippen molar-refractivity contribution in [3.8, 4) is 5.75 Å². The summed E-state index contributed by atoms with van der Waals surface area (Å²) in [6.07, 6.45) is 3.70. The first-order valence-electron chi connectivity index (χ1n) is 13.2. The average Bonchev–Trinajstić information content (AvgIpc) is 2.94. The number of rotatable bonds is 11. The molecule has 212 valence electrons. The van der Waals surface area contributed by atoms with Gasteiger partial charge >= 0.3 is 0 Å². The van der Waals surface area contributed by atoms with E-state index in [-0.39, 0.29) is 17.7 Å². The summed E-state index contributed by atoms with van der Waals surface area (Å²) in [5.74, 6) is -3.22. The van der Waals surface area contributed by atoms with E-state index in [9.17, 15) is 23.4 Å². The third kappa shape index (κ3) is 6.57. The third-order valence-electron chi connectivity index (χ3n) is 7.85. The largest absolute Gasteiger partial charge is 0.497 e. The summed E-state index contributed by atoms with van der Waals surface area (Å²) >= 11 is 0. The fourth-order valence-corrected chi connectivity index (χ4v) is 5.36. The number of hydrogen-bond acceptors (Lipinski definition) is 7. The van der Waals surface area contributed by atoms with E-state index in [2.05, 4.69) is 15.2 Å². The molecule has 3 N–H and O–H groups in total. The number of aliphatic hydroxyl groups is 2. The van der Waals surface area contributed by atoms with E-state index >= 15 is 0 Å². The Morgan fingerprint density at radius 1 is 1.13 bits per heavy atom. The van der Waals surface area contributed by atoms with Crippen LogP contribution in [0.5, 0.6) is 5.75 Å². The van der Waals surface area contributed by atoms with Crippen molar-refractivity contribution in [2.75, 3.05) is 64.2 Å². The fraction of sp³-hybridized carbons (Fsp3) is 0.483. The smallest absolute Gasteiger partial charge is 0.194 e. The van der Waals surface area contributed by atoms with Gasteiger partial charge in [0.25, 0.3) is 0 Å². The van der Waals surface area contributed by atoms with Crippen molar-refractivity contribution in [3.63, 3.8) is 0 Å². The van der Waals surface area contributed by atoms with Gasteiger partial charge in [-0.1, -0.05) is 0 Å². The normalized spacial score (nSPS) is 16.3. The van der Waals surface area contributed by atoms with Crippen LogP contribution in [0.25, 0.3) is 10.9 Å². The summed E-state index contributed by atoms with van der Waals surface area (Å²) in [6, 6.07) is 7.52. The van der Waals surface area contributed by atoms with Crippen molar-refractivity contribution in [3.05, 3.63) is 59.5 Å². The van der Waals surface area contributed by atoms with E-state index in [0.29, 0.717) is 31.7 Å².